The van der Waals surface area contributed by atoms with Crippen molar-refractivity contribution in [2.45, 2.75) is 80.3 Å². The summed E-state index contributed by atoms with van der Waals surface area (Å²) >= 11 is 0. The summed E-state index contributed by atoms with van der Waals surface area (Å²) in [6.45, 7) is 18.5. The third-order valence-electron chi connectivity index (χ3n) is 7.21. The van der Waals surface area contributed by atoms with E-state index in [0.717, 1.165) is 55.4 Å². The molecule has 0 atom stereocenters. The molecule has 1 saturated heterocycles. The molecule has 0 amide bonds. The second kappa shape index (κ2) is 12.5. The fraction of sp³-hybridized carbons (Fsp3) is 0.567. The van der Waals surface area contributed by atoms with Gasteiger partial charge in [-0.15, -0.1) is 0 Å². The third kappa shape index (κ3) is 6.45. The van der Waals surface area contributed by atoms with Crippen molar-refractivity contribution in [2.75, 3.05) is 36.4 Å². The quantitative estimate of drug-likeness (QED) is 0.345. The number of alkyl halides is 2. The highest BCUT2D eigenvalue weighted by Gasteiger charge is 2.46. The molecule has 214 valence electrons. The first-order chi connectivity index (χ1) is 18.4. The van der Waals surface area contributed by atoms with E-state index >= 15 is 4.39 Å². The average Bonchev–Trinajstić information content (AvgIpc) is 2.92. The number of nitrogens with one attached hydrogen (secondary N) is 1. The Kier molecular flexibility index (Phi) is 9.80. The normalized spacial score (nSPS) is 14.9. The zero-order chi connectivity index (χ0) is 29.0. The van der Waals surface area contributed by atoms with Crippen molar-refractivity contribution in [1.29, 1.82) is 0 Å². The van der Waals surface area contributed by atoms with Crippen LogP contribution in [0.4, 0.5) is 24.7 Å². The van der Waals surface area contributed by atoms with Crippen molar-refractivity contribution < 1.29 is 13.2 Å². The van der Waals surface area contributed by atoms with Gasteiger partial charge in [0.1, 0.15) is 18.0 Å². The fourth-order valence-electron chi connectivity index (χ4n) is 4.71. The Morgan fingerprint density at radius 3 is 2.28 bits per heavy atom. The van der Waals surface area contributed by atoms with Gasteiger partial charge in [0.2, 0.25) is 0 Å². The van der Waals surface area contributed by atoms with Crippen LogP contribution in [0.15, 0.2) is 30.6 Å². The molecule has 0 saturated carbocycles. The number of rotatable bonds is 7. The van der Waals surface area contributed by atoms with Crippen molar-refractivity contribution in [3.63, 3.8) is 0 Å². The summed E-state index contributed by atoms with van der Waals surface area (Å²) < 4.78 is 45.1. The summed E-state index contributed by atoms with van der Waals surface area (Å²) in [7, 11) is 0. The van der Waals surface area contributed by atoms with E-state index in [-0.39, 0.29) is 12.1 Å². The van der Waals surface area contributed by atoms with Crippen molar-refractivity contribution in [3.05, 3.63) is 53.2 Å². The number of nitrogens with zero attached hydrogens (tertiary/aromatic N) is 5. The first-order valence-electron chi connectivity index (χ1n) is 14.0. The highest BCUT2D eigenvalue weighted by molar-refractivity contribution is 5.89. The molecule has 0 radical (unpaired) electrons. The van der Waals surface area contributed by atoms with Crippen molar-refractivity contribution in [2.24, 2.45) is 5.41 Å². The number of hydrogen-bond acceptors (Lipinski definition) is 6. The van der Waals surface area contributed by atoms with Gasteiger partial charge in [-0.1, -0.05) is 59.7 Å². The maximum Gasteiger partial charge on any atom is 0.280 e. The molecule has 0 spiro atoms. The summed E-state index contributed by atoms with van der Waals surface area (Å²) in [4.78, 5) is 18.3. The van der Waals surface area contributed by atoms with Crippen molar-refractivity contribution in [1.82, 2.24) is 19.9 Å². The van der Waals surface area contributed by atoms with Crippen molar-refractivity contribution in [3.8, 4) is 0 Å². The number of hydrogen-bond donors (Lipinski definition) is 1. The summed E-state index contributed by atoms with van der Waals surface area (Å²) in [6.07, 6.45) is 2.18. The summed E-state index contributed by atoms with van der Waals surface area (Å²) in [5.74, 6) is -3.72. The zero-order valence-electron chi connectivity index (χ0n) is 24.6. The van der Waals surface area contributed by atoms with E-state index in [2.05, 4.69) is 51.9 Å². The first kappa shape index (κ1) is 30.6. The van der Waals surface area contributed by atoms with E-state index in [9.17, 15) is 8.78 Å². The van der Waals surface area contributed by atoms with Gasteiger partial charge in [0.15, 0.2) is 5.65 Å². The Bertz CT molecular complexity index is 1250. The van der Waals surface area contributed by atoms with Crippen LogP contribution in [0.2, 0.25) is 0 Å². The van der Waals surface area contributed by atoms with Crippen LogP contribution in [-0.2, 0) is 18.9 Å². The van der Waals surface area contributed by atoms with Gasteiger partial charge < -0.3 is 10.2 Å². The number of anilines is 2. The van der Waals surface area contributed by atoms with Crippen LogP contribution in [0.25, 0.3) is 11.0 Å². The maximum atomic E-state index is 15.2. The second-order valence-corrected chi connectivity index (χ2v) is 11.0. The highest BCUT2D eigenvalue weighted by atomic mass is 19.3. The number of benzene rings is 1. The average molecular weight is 545 g/mol. The molecule has 2 aromatic heterocycles. The molecule has 39 heavy (non-hydrogen) atoms. The van der Waals surface area contributed by atoms with E-state index in [0.29, 0.717) is 17.5 Å². The van der Waals surface area contributed by atoms with Gasteiger partial charge in [0, 0.05) is 49.7 Å². The second-order valence-electron chi connectivity index (χ2n) is 11.0. The Morgan fingerprint density at radius 1 is 1.03 bits per heavy atom. The van der Waals surface area contributed by atoms with Crippen LogP contribution < -0.4 is 10.2 Å². The van der Waals surface area contributed by atoms with E-state index in [1.165, 1.54) is 39.2 Å². The molecule has 1 aromatic carbocycles. The van der Waals surface area contributed by atoms with Gasteiger partial charge in [-0.2, -0.15) is 0 Å². The number of aromatic nitrogens is 3. The van der Waals surface area contributed by atoms with E-state index < -0.39 is 22.7 Å². The minimum atomic E-state index is -3.32. The van der Waals surface area contributed by atoms with Gasteiger partial charge in [0.05, 0.1) is 22.3 Å². The van der Waals surface area contributed by atoms with Crippen LogP contribution in [-0.4, -0.2) is 52.1 Å². The number of piperazine rings is 1. The standard InChI is InChI=1S/C28H37F3N6.C2H6/c1-7-22-23(37-13-11-36(12-14-37)18(2)3)15-20-25(33-17-34-26(20)35-22)32-16-19-9-8-10-21(24(19)29)28(30,31)27(4,5)6;1-2/h8-10,15,17-18H,7,11-14,16H2,1-6H3,(H,32,33,34,35);1-2H3. The van der Waals surface area contributed by atoms with E-state index in [4.69, 9.17) is 4.98 Å². The first-order valence-corrected chi connectivity index (χ1v) is 14.0. The topological polar surface area (TPSA) is 57.2 Å². The molecule has 1 aliphatic rings. The largest absolute Gasteiger partial charge is 0.367 e. The molecule has 9 heteroatoms. The maximum absolute atomic E-state index is 15.2. The molecule has 3 heterocycles. The molecule has 1 aliphatic heterocycles. The molecule has 0 unspecified atom stereocenters. The lowest BCUT2D eigenvalue weighted by molar-refractivity contribution is -0.107. The minimum Gasteiger partial charge on any atom is -0.367 e. The smallest absolute Gasteiger partial charge is 0.280 e. The van der Waals surface area contributed by atoms with Gasteiger partial charge in [-0.25, -0.2) is 28.1 Å². The molecule has 0 aliphatic carbocycles. The SMILES string of the molecule is CC.CCc1nc2ncnc(NCc3cccc(C(F)(F)C(C)(C)C)c3F)c2cc1N1CCN(C(C)C)CC1. The summed E-state index contributed by atoms with van der Waals surface area (Å²) in [6, 6.07) is 6.70. The van der Waals surface area contributed by atoms with Crippen LogP contribution in [0, 0.1) is 11.2 Å². The molecule has 6 nitrogen and oxygen atoms in total. The lowest BCUT2D eigenvalue weighted by Gasteiger charge is -2.38. The Hall–Kier alpha value is -2.94. The zero-order valence-corrected chi connectivity index (χ0v) is 24.6. The molecule has 4 rings (SSSR count). The van der Waals surface area contributed by atoms with Crippen LogP contribution in [0.3, 0.4) is 0 Å². The Morgan fingerprint density at radius 2 is 1.69 bits per heavy atom. The lowest BCUT2D eigenvalue weighted by Crippen LogP contribution is -2.49. The van der Waals surface area contributed by atoms with Gasteiger partial charge >= 0.3 is 0 Å². The van der Waals surface area contributed by atoms with Crippen LogP contribution >= 0.6 is 0 Å². The van der Waals surface area contributed by atoms with Gasteiger partial charge in [-0.05, 0) is 26.3 Å². The lowest BCUT2D eigenvalue weighted by atomic mass is 9.83. The molecule has 3 aromatic rings. The molecule has 1 fully saturated rings. The number of fused-ring (bicyclic) bond motifs is 1. The third-order valence-corrected chi connectivity index (χ3v) is 7.21. The predicted molar refractivity (Wildman–Crippen MR) is 154 cm³/mol. The Balaban J connectivity index is 0.00000205. The summed E-state index contributed by atoms with van der Waals surface area (Å²) in [5.41, 5.74) is 0.711. The van der Waals surface area contributed by atoms with Crippen molar-refractivity contribution >= 4 is 22.5 Å². The number of aryl methyl sites for hydroxylation is 1. The molecule has 0 bridgehead atoms. The van der Waals surface area contributed by atoms with Gasteiger partial charge in [0.25, 0.3) is 5.92 Å². The fourth-order valence-corrected chi connectivity index (χ4v) is 4.71. The molecule has 1 N–H and O–H groups in total. The van der Waals surface area contributed by atoms with E-state index in [1.807, 2.05) is 13.8 Å². The minimum absolute atomic E-state index is 0.00390. The Labute approximate surface area is 231 Å². The monoisotopic (exact) mass is 544 g/mol. The van der Waals surface area contributed by atoms with E-state index in [1.54, 1.807) is 0 Å². The van der Waals surface area contributed by atoms with Crippen LogP contribution in [0.5, 0.6) is 0 Å². The van der Waals surface area contributed by atoms with Gasteiger partial charge in [-0.3, -0.25) is 4.90 Å². The predicted octanol–water partition coefficient (Wildman–Crippen LogP) is 7.03. The molecular weight excluding hydrogens is 501 g/mol. The van der Waals surface area contributed by atoms with Crippen LogP contribution in [0.1, 0.15) is 72.2 Å². The number of halogens is 3. The molecular formula is C30H43F3N6. The summed E-state index contributed by atoms with van der Waals surface area (Å²) in [5, 5.41) is 3.87. The number of pyridine rings is 1. The highest BCUT2D eigenvalue weighted by Crippen LogP contribution is 2.45.